The molecule has 3 aromatic rings. The molecule has 1 aliphatic carbocycles. The Bertz CT molecular complexity index is 1090. The Hall–Kier alpha value is -3.13. The number of nitrogens with zero attached hydrogens (tertiary/aromatic N) is 1. The van der Waals surface area contributed by atoms with E-state index in [0.717, 1.165) is 40.9 Å². The number of nitrogens with one attached hydrogen (secondary N) is 2. The molecule has 0 saturated heterocycles. The summed E-state index contributed by atoms with van der Waals surface area (Å²) in [6, 6.07) is 15.2. The van der Waals surface area contributed by atoms with Gasteiger partial charge in [-0.2, -0.15) is 0 Å². The number of para-hydroxylation sites is 3. The van der Waals surface area contributed by atoms with Crippen LogP contribution in [0.5, 0.6) is 11.5 Å². The summed E-state index contributed by atoms with van der Waals surface area (Å²) in [5.74, 6) is 0.519. The predicted molar refractivity (Wildman–Crippen MR) is 117 cm³/mol. The van der Waals surface area contributed by atoms with E-state index in [-0.39, 0.29) is 12.5 Å². The number of benzene rings is 2. The predicted octanol–water partition coefficient (Wildman–Crippen LogP) is 3.39. The number of aromatic nitrogens is 1. The molecule has 2 amide bonds. The highest BCUT2D eigenvalue weighted by Gasteiger charge is 2.42. The maximum absolute atomic E-state index is 13.2. The molecule has 2 aromatic carbocycles. The molecule has 2 heterocycles. The lowest BCUT2D eigenvalue weighted by Gasteiger charge is -2.28. The van der Waals surface area contributed by atoms with Gasteiger partial charge in [0, 0.05) is 6.42 Å². The molecule has 1 saturated carbocycles. The second-order valence-electron chi connectivity index (χ2n) is 8.05. The Morgan fingerprint density at radius 1 is 1.03 bits per heavy atom. The van der Waals surface area contributed by atoms with Crippen molar-refractivity contribution in [2.45, 2.75) is 38.2 Å². The second kappa shape index (κ2) is 8.19. The average molecular weight is 438 g/mol. The number of hydrogen-bond acceptors (Lipinski definition) is 6. The van der Waals surface area contributed by atoms with Crippen molar-refractivity contribution in [2.24, 2.45) is 5.41 Å². The molecule has 8 heteroatoms. The third-order valence-corrected chi connectivity index (χ3v) is 7.01. The molecule has 0 radical (unpaired) electrons. The number of thiazole rings is 1. The summed E-state index contributed by atoms with van der Waals surface area (Å²) in [6.45, 7) is 0.0928. The second-order valence-corrected chi connectivity index (χ2v) is 9.16. The van der Waals surface area contributed by atoms with E-state index >= 15 is 0 Å². The first-order valence-electron chi connectivity index (χ1n) is 10.5. The summed E-state index contributed by atoms with van der Waals surface area (Å²) in [4.78, 5) is 30.4. The number of ether oxygens (including phenoxy) is 2. The molecular weight excluding hydrogens is 414 g/mol. The van der Waals surface area contributed by atoms with E-state index in [0.29, 0.717) is 17.9 Å². The van der Waals surface area contributed by atoms with Crippen molar-refractivity contribution in [3.8, 4) is 11.5 Å². The van der Waals surface area contributed by atoms with Crippen LogP contribution in [0.4, 0.5) is 0 Å². The molecule has 2 N–H and O–H groups in total. The first-order valence-corrected chi connectivity index (χ1v) is 11.3. The SMILES string of the molecule is O=C(NNC(=O)C1(Cc2nc3ccccc3s2)CCCC1)C1COc2ccccc2O1. The van der Waals surface area contributed by atoms with Crippen molar-refractivity contribution in [2.75, 3.05) is 6.61 Å². The molecule has 1 atom stereocenters. The van der Waals surface area contributed by atoms with E-state index in [4.69, 9.17) is 14.5 Å². The van der Waals surface area contributed by atoms with E-state index < -0.39 is 17.4 Å². The van der Waals surface area contributed by atoms with Gasteiger partial charge in [0.15, 0.2) is 11.5 Å². The number of amides is 2. The quantitative estimate of drug-likeness (QED) is 0.611. The fraction of sp³-hybridized carbons (Fsp3) is 0.348. The highest BCUT2D eigenvalue weighted by molar-refractivity contribution is 7.18. The fourth-order valence-electron chi connectivity index (χ4n) is 4.30. The van der Waals surface area contributed by atoms with Gasteiger partial charge >= 0.3 is 0 Å². The maximum Gasteiger partial charge on any atom is 0.283 e. The molecule has 2 aliphatic rings. The van der Waals surface area contributed by atoms with Crippen LogP contribution < -0.4 is 20.3 Å². The summed E-state index contributed by atoms with van der Waals surface area (Å²) in [5.41, 5.74) is 5.58. The van der Waals surface area contributed by atoms with Gasteiger partial charge in [0.2, 0.25) is 12.0 Å². The van der Waals surface area contributed by atoms with Gasteiger partial charge in [-0.05, 0) is 37.1 Å². The van der Waals surface area contributed by atoms with Crippen molar-refractivity contribution >= 4 is 33.4 Å². The average Bonchev–Trinajstić information content (AvgIpc) is 3.44. The lowest BCUT2D eigenvalue weighted by Crippen LogP contribution is -2.54. The van der Waals surface area contributed by atoms with E-state index in [1.165, 1.54) is 0 Å². The minimum Gasteiger partial charge on any atom is -0.485 e. The van der Waals surface area contributed by atoms with Crippen LogP contribution in [0.3, 0.4) is 0 Å². The van der Waals surface area contributed by atoms with Crippen molar-refractivity contribution in [1.82, 2.24) is 15.8 Å². The zero-order valence-electron chi connectivity index (χ0n) is 16.9. The minimum absolute atomic E-state index is 0.0928. The summed E-state index contributed by atoms with van der Waals surface area (Å²) < 4.78 is 12.4. The third-order valence-electron chi connectivity index (χ3n) is 5.97. The molecule has 1 fully saturated rings. The topological polar surface area (TPSA) is 89.6 Å². The number of rotatable bonds is 4. The van der Waals surface area contributed by atoms with Crippen molar-refractivity contribution in [1.29, 1.82) is 0 Å². The van der Waals surface area contributed by atoms with E-state index in [1.807, 2.05) is 36.4 Å². The highest BCUT2D eigenvalue weighted by Crippen LogP contribution is 2.42. The van der Waals surface area contributed by atoms with Gasteiger partial charge < -0.3 is 9.47 Å². The van der Waals surface area contributed by atoms with Crippen LogP contribution in [0.15, 0.2) is 48.5 Å². The van der Waals surface area contributed by atoms with E-state index in [1.54, 1.807) is 23.5 Å². The van der Waals surface area contributed by atoms with Gasteiger partial charge in [0.25, 0.3) is 5.91 Å². The van der Waals surface area contributed by atoms with Crippen molar-refractivity contribution < 1.29 is 19.1 Å². The van der Waals surface area contributed by atoms with Crippen LogP contribution in [0, 0.1) is 5.41 Å². The van der Waals surface area contributed by atoms with Crippen LogP contribution in [0.2, 0.25) is 0 Å². The molecule has 1 aliphatic heterocycles. The number of carbonyl (C=O) groups excluding carboxylic acids is 2. The standard InChI is InChI=1S/C23H23N3O4S/c27-21(18-14-29-16-8-2-3-9-17(16)30-18)25-26-22(28)23(11-5-6-12-23)13-20-24-15-7-1-4-10-19(15)31-20/h1-4,7-10,18H,5-6,11-14H2,(H,25,27)(H,26,28). The van der Waals surface area contributed by atoms with E-state index in [2.05, 4.69) is 10.9 Å². The van der Waals surface area contributed by atoms with Crippen molar-refractivity contribution in [3.05, 3.63) is 53.5 Å². The van der Waals surface area contributed by atoms with Crippen molar-refractivity contribution in [3.63, 3.8) is 0 Å². The molecule has 0 bridgehead atoms. The molecule has 1 aromatic heterocycles. The van der Waals surface area contributed by atoms with Gasteiger partial charge in [-0.15, -0.1) is 11.3 Å². The lowest BCUT2D eigenvalue weighted by molar-refractivity contribution is -0.139. The minimum atomic E-state index is -0.820. The van der Waals surface area contributed by atoms with Gasteiger partial charge in [0.1, 0.15) is 6.61 Å². The Kier molecular flexibility index (Phi) is 5.23. The third kappa shape index (κ3) is 3.95. The lowest BCUT2D eigenvalue weighted by atomic mass is 9.82. The maximum atomic E-state index is 13.2. The van der Waals surface area contributed by atoms with Crippen LogP contribution in [-0.2, 0) is 16.0 Å². The van der Waals surface area contributed by atoms with Gasteiger partial charge in [0.05, 0.1) is 20.6 Å². The first kappa shape index (κ1) is 19.8. The van der Waals surface area contributed by atoms with Gasteiger partial charge in [-0.1, -0.05) is 37.1 Å². The largest absolute Gasteiger partial charge is 0.485 e. The number of hydrazine groups is 1. The number of hydrogen-bond donors (Lipinski definition) is 2. The summed E-state index contributed by atoms with van der Waals surface area (Å²) in [6.07, 6.45) is 3.29. The highest BCUT2D eigenvalue weighted by atomic mass is 32.1. The normalized spacial score (nSPS) is 19.2. The summed E-state index contributed by atoms with van der Waals surface area (Å²) >= 11 is 1.63. The molecule has 160 valence electrons. The molecule has 31 heavy (non-hydrogen) atoms. The Labute approximate surface area is 183 Å². The smallest absolute Gasteiger partial charge is 0.283 e. The zero-order valence-corrected chi connectivity index (χ0v) is 17.7. The molecule has 5 rings (SSSR count). The van der Waals surface area contributed by atoms with Crippen LogP contribution >= 0.6 is 11.3 Å². The molecule has 0 spiro atoms. The summed E-state index contributed by atoms with van der Waals surface area (Å²) in [5, 5.41) is 0.949. The van der Waals surface area contributed by atoms with Crippen LogP contribution in [-0.4, -0.2) is 29.5 Å². The first-order chi connectivity index (χ1) is 15.1. The fourth-order valence-corrected chi connectivity index (χ4v) is 5.41. The number of fused-ring (bicyclic) bond motifs is 2. The van der Waals surface area contributed by atoms with Crippen LogP contribution in [0.25, 0.3) is 10.2 Å². The van der Waals surface area contributed by atoms with Gasteiger partial charge in [-0.3, -0.25) is 20.4 Å². The molecule has 7 nitrogen and oxygen atoms in total. The summed E-state index contributed by atoms with van der Waals surface area (Å²) in [7, 11) is 0. The van der Waals surface area contributed by atoms with Crippen LogP contribution in [0.1, 0.15) is 30.7 Å². The monoisotopic (exact) mass is 437 g/mol. The zero-order chi connectivity index (χ0) is 21.3. The van der Waals surface area contributed by atoms with Gasteiger partial charge in [-0.25, -0.2) is 4.98 Å². The Balaban J connectivity index is 1.24. The number of carbonyl (C=O) groups is 2. The Morgan fingerprint density at radius 2 is 1.77 bits per heavy atom. The molecular formula is C23H23N3O4S. The molecule has 1 unspecified atom stereocenters. The Morgan fingerprint density at radius 3 is 2.58 bits per heavy atom. The van der Waals surface area contributed by atoms with E-state index in [9.17, 15) is 9.59 Å².